The van der Waals surface area contributed by atoms with E-state index in [2.05, 4.69) is 5.32 Å². The topological polar surface area (TPSA) is 56.8 Å². The smallest absolute Gasteiger partial charge is 0.444 e. The van der Waals surface area contributed by atoms with Gasteiger partial charge in [0, 0.05) is 0 Å². The molecule has 1 N–H and O–H groups in total. The van der Waals surface area contributed by atoms with Crippen LogP contribution in [0.1, 0.15) is 38.8 Å². The Balaban J connectivity index is 1.78. The molecule has 2 aromatic carbocycles. The Bertz CT molecular complexity index is 900. The summed E-state index contributed by atoms with van der Waals surface area (Å²) in [5, 5.41) is 2.17. The van der Waals surface area contributed by atoms with Crippen molar-refractivity contribution in [2.45, 2.75) is 51.7 Å². The number of hydrogen-bond donors (Lipinski definition) is 1. The second-order valence-electron chi connectivity index (χ2n) is 8.08. The summed E-state index contributed by atoms with van der Waals surface area (Å²) in [6.45, 7) is 7.21. The Morgan fingerprint density at radius 3 is 2.20 bits per heavy atom. The van der Waals surface area contributed by atoms with Crippen LogP contribution in [-0.2, 0) is 26.8 Å². The molecule has 0 aromatic heterocycles. The predicted octanol–water partition coefficient (Wildman–Crippen LogP) is 4.75. The van der Waals surface area contributed by atoms with Crippen LogP contribution >= 0.6 is 0 Å². The number of carbonyl (C=O) groups excluding carboxylic acids is 1. The number of benzene rings is 2. The number of amides is 1. The van der Waals surface area contributed by atoms with Crippen molar-refractivity contribution in [3.05, 3.63) is 59.7 Å². The van der Waals surface area contributed by atoms with Crippen LogP contribution in [0.15, 0.2) is 48.5 Å². The molecular formula is C21H23BF3NO4. The van der Waals surface area contributed by atoms with Crippen molar-refractivity contribution in [3.8, 4) is 0 Å². The van der Waals surface area contributed by atoms with Crippen LogP contribution in [0.5, 0.6) is 0 Å². The van der Waals surface area contributed by atoms with Gasteiger partial charge < -0.3 is 14.0 Å². The van der Waals surface area contributed by atoms with Crippen LogP contribution in [0.3, 0.4) is 0 Å². The standard InChI is InChI=1S/C21H23BF3NO4/c1-19(2)20(3,4)30-22(29-19)15-10-11-17(16(12-15)21(23,24)25)26-18(27)28-13-14-8-6-5-7-9-14/h5-12H,13H2,1-4H3,(H,26,27). The van der Waals surface area contributed by atoms with E-state index >= 15 is 0 Å². The van der Waals surface area contributed by atoms with E-state index < -0.39 is 41.8 Å². The molecule has 0 unspecified atom stereocenters. The second kappa shape index (κ2) is 7.96. The van der Waals surface area contributed by atoms with Crippen molar-refractivity contribution < 1.29 is 32.0 Å². The van der Waals surface area contributed by atoms with E-state index in [0.29, 0.717) is 0 Å². The molecule has 3 rings (SSSR count). The van der Waals surface area contributed by atoms with E-state index in [4.69, 9.17) is 14.0 Å². The molecular weight excluding hydrogens is 398 g/mol. The fourth-order valence-electron chi connectivity index (χ4n) is 2.90. The molecule has 0 aliphatic carbocycles. The predicted molar refractivity (Wildman–Crippen MR) is 107 cm³/mol. The number of hydrogen-bond acceptors (Lipinski definition) is 4. The zero-order chi connectivity index (χ0) is 22.2. The Hall–Kier alpha value is -2.52. The Labute approximate surface area is 173 Å². The van der Waals surface area contributed by atoms with Gasteiger partial charge in [0.2, 0.25) is 0 Å². The monoisotopic (exact) mass is 421 g/mol. The Morgan fingerprint density at radius 1 is 1.03 bits per heavy atom. The maximum absolute atomic E-state index is 13.6. The van der Waals surface area contributed by atoms with Crippen molar-refractivity contribution in [3.63, 3.8) is 0 Å². The lowest BCUT2D eigenvalue weighted by molar-refractivity contribution is -0.136. The summed E-state index contributed by atoms with van der Waals surface area (Å²) >= 11 is 0. The first-order valence-corrected chi connectivity index (χ1v) is 9.43. The third-order valence-electron chi connectivity index (χ3n) is 5.32. The molecule has 1 saturated heterocycles. The quantitative estimate of drug-likeness (QED) is 0.724. The highest BCUT2D eigenvalue weighted by atomic mass is 19.4. The highest BCUT2D eigenvalue weighted by Crippen LogP contribution is 2.38. The average molecular weight is 421 g/mol. The second-order valence-corrected chi connectivity index (χ2v) is 8.08. The number of nitrogens with one attached hydrogen (secondary N) is 1. The van der Waals surface area contributed by atoms with Crippen LogP contribution in [0.25, 0.3) is 0 Å². The summed E-state index contributed by atoms with van der Waals surface area (Å²) in [5.74, 6) is 0. The molecule has 0 radical (unpaired) electrons. The van der Waals surface area contributed by atoms with Crippen LogP contribution in [0.4, 0.5) is 23.7 Å². The fourth-order valence-corrected chi connectivity index (χ4v) is 2.90. The number of carbonyl (C=O) groups is 1. The lowest BCUT2D eigenvalue weighted by Crippen LogP contribution is -2.41. The molecule has 0 bridgehead atoms. The zero-order valence-electron chi connectivity index (χ0n) is 17.2. The van der Waals surface area contributed by atoms with Gasteiger partial charge >= 0.3 is 19.4 Å². The molecule has 5 nitrogen and oxygen atoms in total. The van der Waals surface area contributed by atoms with Gasteiger partial charge in [0.25, 0.3) is 0 Å². The molecule has 1 fully saturated rings. The summed E-state index contributed by atoms with van der Waals surface area (Å²) in [7, 11) is -0.949. The third-order valence-corrected chi connectivity index (χ3v) is 5.32. The highest BCUT2D eigenvalue weighted by Gasteiger charge is 2.52. The van der Waals surface area contributed by atoms with E-state index in [1.54, 1.807) is 30.3 Å². The molecule has 1 aliphatic heterocycles. The molecule has 2 aromatic rings. The van der Waals surface area contributed by atoms with Gasteiger partial charge in [-0.05, 0) is 50.9 Å². The van der Waals surface area contributed by atoms with E-state index in [9.17, 15) is 18.0 Å². The van der Waals surface area contributed by atoms with Crippen molar-refractivity contribution in [1.29, 1.82) is 0 Å². The SMILES string of the molecule is CC1(C)OB(c2ccc(NC(=O)OCc3ccccc3)c(C(F)(F)F)c2)OC1(C)C. The summed E-state index contributed by atoms with van der Waals surface area (Å²) in [4.78, 5) is 12.0. The van der Waals surface area contributed by atoms with Gasteiger partial charge in [-0.2, -0.15) is 13.2 Å². The zero-order valence-corrected chi connectivity index (χ0v) is 17.2. The van der Waals surface area contributed by atoms with Crippen LogP contribution < -0.4 is 10.8 Å². The van der Waals surface area contributed by atoms with Gasteiger partial charge in [0.1, 0.15) is 6.61 Å². The van der Waals surface area contributed by atoms with Gasteiger partial charge in [-0.15, -0.1) is 0 Å². The van der Waals surface area contributed by atoms with Crippen LogP contribution in [-0.4, -0.2) is 24.4 Å². The molecule has 160 valence electrons. The van der Waals surface area contributed by atoms with Gasteiger partial charge in [-0.3, -0.25) is 5.32 Å². The summed E-state index contributed by atoms with van der Waals surface area (Å²) in [6, 6.07) is 12.4. The number of halogens is 3. The summed E-state index contributed by atoms with van der Waals surface area (Å²) < 4.78 is 57.6. The lowest BCUT2D eigenvalue weighted by Gasteiger charge is -2.32. The third kappa shape index (κ3) is 4.79. The number of rotatable bonds is 4. The minimum atomic E-state index is -4.69. The molecule has 9 heteroatoms. The number of ether oxygens (including phenoxy) is 1. The molecule has 0 atom stereocenters. The molecule has 0 spiro atoms. The first kappa shape index (κ1) is 22.2. The lowest BCUT2D eigenvalue weighted by atomic mass is 9.78. The number of anilines is 1. The molecule has 0 saturated carbocycles. The minimum Gasteiger partial charge on any atom is -0.444 e. The average Bonchev–Trinajstić information content (AvgIpc) is 2.88. The maximum Gasteiger partial charge on any atom is 0.494 e. The maximum atomic E-state index is 13.6. The van der Waals surface area contributed by atoms with Gasteiger partial charge in [-0.25, -0.2) is 4.79 Å². The van der Waals surface area contributed by atoms with Crippen molar-refractivity contribution >= 4 is 24.4 Å². The van der Waals surface area contributed by atoms with Crippen molar-refractivity contribution in [2.75, 3.05) is 5.32 Å². The Kier molecular flexibility index (Phi) is 5.88. The van der Waals surface area contributed by atoms with E-state index in [-0.39, 0.29) is 12.1 Å². The van der Waals surface area contributed by atoms with Crippen molar-refractivity contribution in [1.82, 2.24) is 0 Å². The fraction of sp³-hybridized carbons (Fsp3) is 0.381. The molecule has 30 heavy (non-hydrogen) atoms. The van der Waals surface area contributed by atoms with E-state index in [1.165, 1.54) is 12.1 Å². The van der Waals surface area contributed by atoms with Gasteiger partial charge in [0.15, 0.2) is 0 Å². The first-order chi connectivity index (χ1) is 13.9. The normalized spacial score (nSPS) is 17.6. The Morgan fingerprint density at radius 2 is 1.63 bits per heavy atom. The van der Waals surface area contributed by atoms with E-state index in [0.717, 1.165) is 11.6 Å². The largest absolute Gasteiger partial charge is 0.494 e. The van der Waals surface area contributed by atoms with Crippen LogP contribution in [0, 0.1) is 0 Å². The van der Waals surface area contributed by atoms with Crippen molar-refractivity contribution in [2.24, 2.45) is 0 Å². The highest BCUT2D eigenvalue weighted by molar-refractivity contribution is 6.62. The molecule has 1 amide bonds. The number of alkyl halides is 3. The minimum absolute atomic E-state index is 0.0555. The molecule has 1 heterocycles. The summed E-state index contributed by atoms with van der Waals surface area (Å²) in [5.41, 5.74) is -1.85. The molecule has 1 aliphatic rings. The summed E-state index contributed by atoms with van der Waals surface area (Å²) in [6.07, 6.45) is -5.67. The van der Waals surface area contributed by atoms with Gasteiger partial charge in [0.05, 0.1) is 22.5 Å². The van der Waals surface area contributed by atoms with E-state index in [1.807, 2.05) is 27.7 Å². The first-order valence-electron chi connectivity index (χ1n) is 9.43. The van der Waals surface area contributed by atoms with Gasteiger partial charge in [-0.1, -0.05) is 36.4 Å². The van der Waals surface area contributed by atoms with Crippen LogP contribution in [0.2, 0.25) is 0 Å².